The fourth-order valence-corrected chi connectivity index (χ4v) is 1.20. The zero-order chi connectivity index (χ0) is 9.84. The molecule has 0 spiro atoms. The minimum absolute atomic E-state index is 0.293. The van der Waals surface area contributed by atoms with Gasteiger partial charge in [0.15, 0.2) is 0 Å². The van der Waals surface area contributed by atoms with Crippen molar-refractivity contribution in [2.24, 2.45) is 0 Å². The first kappa shape index (κ1) is 10.1. The Hall–Kier alpha value is -0.955. The van der Waals surface area contributed by atoms with E-state index in [1.807, 2.05) is 0 Å². The maximum Gasteiger partial charge on any atom is 0.338 e. The number of halogens is 1. The van der Waals surface area contributed by atoms with E-state index in [2.05, 4.69) is 4.74 Å². The summed E-state index contributed by atoms with van der Waals surface area (Å²) in [7, 11) is 6.77. The van der Waals surface area contributed by atoms with Crippen molar-refractivity contribution in [2.45, 2.75) is 6.32 Å². The quantitative estimate of drug-likeness (QED) is 0.530. The number of carbonyl (C=O) groups is 1. The van der Waals surface area contributed by atoms with E-state index >= 15 is 0 Å². The SMILES string of the molecule is [B]Cc1ccc(Cl)cc1C(=O)OC. The van der Waals surface area contributed by atoms with Crippen molar-refractivity contribution in [3.8, 4) is 0 Å². The molecule has 0 bridgehead atoms. The molecule has 1 aromatic carbocycles. The van der Waals surface area contributed by atoms with Crippen molar-refractivity contribution in [2.75, 3.05) is 7.11 Å². The Balaban J connectivity index is 3.15. The summed E-state index contributed by atoms with van der Waals surface area (Å²) in [5, 5.41) is 0.498. The van der Waals surface area contributed by atoms with Crippen LogP contribution in [0.15, 0.2) is 18.2 Å². The van der Waals surface area contributed by atoms with Crippen LogP contribution in [0, 0.1) is 0 Å². The van der Waals surface area contributed by atoms with E-state index in [0.29, 0.717) is 16.9 Å². The monoisotopic (exact) mass is 194 g/mol. The van der Waals surface area contributed by atoms with Gasteiger partial charge >= 0.3 is 5.97 Å². The topological polar surface area (TPSA) is 26.3 Å². The lowest BCUT2D eigenvalue weighted by Gasteiger charge is -2.05. The van der Waals surface area contributed by atoms with Crippen molar-refractivity contribution in [3.05, 3.63) is 34.3 Å². The average Bonchev–Trinajstić information content (AvgIpc) is 2.16. The van der Waals surface area contributed by atoms with E-state index in [9.17, 15) is 4.79 Å². The minimum Gasteiger partial charge on any atom is -0.465 e. The van der Waals surface area contributed by atoms with Crippen LogP contribution in [0.5, 0.6) is 0 Å². The van der Waals surface area contributed by atoms with Crippen molar-refractivity contribution >= 4 is 25.4 Å². The van der Waals surface area contributed by atoms with Gasteiger partial charge in [-0.05, 0) is 17.7 Å². The molecule has 2 radical (unpaired) electrons. The molecule has 0 unspecified atom stereocenters. The summed E-state index contributed by atoms with van der Waals surface area (Å²) in [6, 6.07) is 4.96. The zero-order valence-corrected chi connectivity index (χ0v) is 7.97. The highest BCUT2D eigenvalue weighted by Gasteiger charge is 2.10. The fraction of sp³-hybridized carbons (Fsp3) is 0.222. The Kier molecular flexibility index (Phi) is 3.37. The summed E-state index contributed by atoms with van der Waals surface area (Å²) in [5.41, 5.74) is 1.16. The van der Waals surface area contributed by atoms with Crippen LogP contribution in [0.4, 0.5) is 0 Å². The highest BCUT2D eigenvalue weighted by atomic mass is 35.5. The van der Waals surface area contributed by atoms with Gasteiger partial charge in [0, 0.05) is 5.02 Å². The maximum absolute atomic E-state index is 11.2. The number of carbonyl (C=O) groups excluding carboxylic acids is 1. The van der Waals surface area contributed by atoms with E-state index in [1.54, 1.807) is 18.2 Å². The third kappa shape index (κ3) is 2.25. The van der Waals surface area contributed by atoms with Crippen LogP contribution in [0.2, 0.25) is 5.02 Å². The largest absolute Gasteiger partial charge is 0.465 e. The molecule has 0 aliphatic heterocycles. The van der Waals surface area contributed by atoms with Gasteiger partial charge in [0.25, 0.3) is 0 Å². The second kappa shape index (κ2) is 4.33. The van der Waals surface area contributed by atoms with Gasteiger partial charge < -0.3 is 4.74 Å². The Morgan fingerprint density at radius 3 is 2.85 bits per heavy atom. The van der Waals surface area contributed by atoms with Gasteiger partial charge in [-0.1, -0.05) is 24.0 Å². The smallest absolute Gasteiger partial charge is 0.338 e. The molecule has 2 nitrogen and oxygen atoms in total. The van der Waals surface area contributed by atoms with E-state index < -0.39 is 5.97 Å². The molecule has 4 heteroatoms. The number of rotatable bonds is 2. The molecule has 1 aromatic rings. The summed E-state index contributed by atoms with van der Waals surface area (Å²) >= 11 is 5.73. The van der Waals surface area contributed by atoms with E-state index in [0.717, 1.165) is 5.56 Å². The van der Waals surface area contributed by atoms with Crippen LogP contribution in [-0.4, -0.2) is 20.9 Å². The van der Waals surface area contributed by atoms with Gasteiger partial charge in [-0.3, -0.25) is 0 Å². The molecule has 0 atom stereocenters. The molecule has 0 aliphatic carbocycles. The molecule has 1 rings (SSSR count). The Bertz CT molecular complexity index is 325. The van der Waals surface area contributed by atoms with Gasteiger partial charge in [-0.25, -0.2) is 4.79 Å². The lowest BCUT2D eigenvalue weighted by molar-refractivity contribution is 0.0600. The van der Waals surface area contributed by atoms with Gasteiger partial charge in [0.2, 0.25) is 0 Å². The zero-order valence-electron chi connectivity index (χ0n) is 7.21. The molecule has 0 aromatic heterocycles. The van der Waals surface area contributed by atoms with Gasteiger partial charge in [0.1, 0.15) is 0 Å². The first-order valence-corrected chi connectivity index (χ1v) is 4.13. The van der Waals surface area contributed by atoms with Crippen LogP contribution in [0.25, 0.3) is 0 Å². The van der Waals surface area contributed by atoms with Crippen molar-refractivity contribution in [1.29, 1.82) is 0 Å². The highest BCUT2D eigenvalue weighted by molar-refractivity contribution is 6.31. The molecule has 0 amide bonds. The second-order valence-electron chi connectivity index (χ2n) is 2.50. The summed E-state index contributed by atoms with van der Waals surface area (Å²) in [5.74, 6) is -0.414. The highest BCUT2D eigenvalue weighted by Crippen LogP contribution is 2.16. The first-order valence-electron chi connectivity index (χ1n) is 3.76. The molecule has 13 heavy (non-hydrogen) atoms. The number of benzene rings is 1. The van der Waals surface area contributed by atoms with Crippen LogP contribution < -0.4 is 0 Å². The first-order chi connectivity index (χ1) is 6.19. The summed E-state index contributed by atoms with van der Waals surface area (Å²) in [6.07, 6.45) is 0.293. The predicted octanol–water partition coefficient (Wildman–Crippen LogP) is 1.80. The van der Waals surface area contributed by atoms with E-state index in [4.69, 9.17) is 19.4 Å². The lowest BCUT2D eigenvalue weighted by atomic mass is 9.93. The standard InChI is InChI=1S/C9H8BClO2/c1-13-9(12)8-4-7(11)3-2-6(8)5-10/h2-4H,5H2,1H3. The molecule has 0 fully saturated rings. The molecule has 0 saturated heterocycles. The molecular formula is C9H8BClO2. The van der Waals surface area contributed by atoms with Crippen LogP contribution in [0.1, 0.15) is 15.9 Å². The molecule has 0 heterocycles. The van der Waals surface area contributed by atoms with Crippen molar-refractivity contribution in [3.63, 3.8) is 0 Å². The summed E-state index contributed by atoms with van der Waals surface area (Å²) < 4.78 is 4.58. The third-order valence-corrected chi connectivity index (χ3v) is 1.93. The average molecular weight is 194 g/mol. The van der Waals surface area contributed by atoms with Crippen LogP contribution in [-0.2, 0) is 11.1 Å². The van der Waals surface area contributed by atoms with Gasteiger partial charge in [-0.15, -0.1) is 0 Å². The lowest BCUT2D eigenvalue weighted by Crippen LogP contribution is -2.05. The molecular weight excluding hydrogens is 186 g/mol. The Morgan fingerprint density at radius 1 is 1.62 bits per heavy atom. The minimum atomic E-state index is -0.414. The predicted molar refractivity (Wildman–Crippen MR) is 52.2 cm³/mol. The molecule has 0 aliphatic rings. The Morgan fingerprint density at radius 2 is 2.31 bits per heavy atom. The second-order valence-corrected chi connectivity index (χ2v) is 2.93. The third-order valence-electron chi connectivity index (χ3n) is 1.70. The van der Waals surface area contributed by atoms with E-state index in [-0.39, 0.29) is 0 Å². The Labute approximate surface area is 83.3 Å². The maximum atomic E-state index is 11.2. The van der Waals surface area contributed by atoms with Crippen molar-refractivity contribution in [1.82, 2.24) is 0 Å². The number of methoxy groups -OCH3 is 1. The fourth-order valence-electron chi connectivity index (χ4n) is 1.03. The number of esters is 1. The number of hydrogen-bond donors (Lipinski definition) is 0. The van der Waals surface area contributed by atoms with Gasteiger partial charge in [0.05, 0.1) is 20.5 Å². The normalized spacial score (nSPS) is 9.69. The molecule has 0 saturated carbocycles. The van der Waals surface area contributed by atoms with Crippen molar-refractivity contribution < 1.29 is 9.53 Å². The number of ether oxygens (including phenoxy) is 1. The molecule has 0 N–H and O–H groups in total. The van der Waals surface area contributed by atoms with E-state index in [1.165, 1.54) is 7.11 Å². The molecule has 66 valence electrons. The summed E-state index contributed by atoms with van der Waals surface area (Å²) in [6.45, 7) is 0. The van der Waals surface area contributed by atoms with Crippen LogP contribution >= 0.6 is 11.6 Å². The number of hydrogen-bond acceptors (Lipinski definition) is 2. The van der Waals surface area contributed by atoms with Gasteiger partial charge in [-0.2, -0.15) is 0 Å². The summed E-state index contributed by atoms with van der Waals surface area (Å²) in [4.78, 5) is 11.2. The van der Waals surface area contributed by atoms with Crippen LogP contribution in [0.3, 0.4) is 0 Å².